The number of amides is 3. The van der Waals surface area contributed by atoms with Gasteiger partial charge in [-0.3, -0.25) is 14.4 Å². The number of hydrogen-bond acceptors (Lipinski definition) is 5. The van der Waals surface area contributed by atoms with Crippen molar-refractivity contribution in [1.29, 1.82) is 5.26 Å². The highest BCUT2D eigenvalue weighted by Crippen LogP contribution is 2.45. The lowest BCUT2D eigenvalue weighted by molar-refractivity contribution is -0.136. The second-order valence-electron chi connectivity index (χ2n) is 10.4. The fourth-order valence-electron chi connectivity index (χ4n) is 5.55. The van der Waals surface area contributed by atoms with Gasteiger partial charge in [0.05, 0.1) is 17.0 Å². The lowest BCUT2D eigenvalue weighted by Gasteiger charge is -2.33. The minimum atomic E-state index is -1.40. The van der Waals surface area contributed by atoms with Crippen molar-refractivity contribution >= 4 is 34.4 Å². The van der Waals surface area contributed by atoms with Crippen LogP contribution in [0.25, 0.3) is 10.9 Å². The first-order chi connectivity index (χ1) is 18.5. The second kappa shape index (κ2) is 9.41. The van der Waals surface area contributed by atoms with E-state index in [1.54, 1.807) is 12.1 Å². The number of halogens is 3. The van der Waals surface area contributed by atoms with E-state index in [-0.39, 0.29) is 42.3 Å². The number of rotatable bonds is 5. The Balaban J connectivity index is 1.48. The highest BCUT2D eigenvalue weighted by molar-refractivity contribution is 6.06. The van der Waals surface area contributed by atoms with E-state index in [1.807, 2.05) is 13.8 Å². The number of likely N-dealkylation sites (N-methyl/N-ethyl adjacent to an activating group) is 1. The minimum absolute atomic E-state index is 0.0577. The average Bonchev–Trinajstić information content (AvgIpc) is 3.60. The molecule has 202 valence electrons. The van der Waals surface area contributed by atoms with Crippen molar-refractivity contribution in [2.24, 2.45) is 5.92 Å². The molecule has 3 amide bonds. The van der Waals surface area contributed by atoms with E-state index >= 15 is 0 Å². The zero-order valence-electron chi connectivity index (χ0n) is 21.4. The molecule has 12 heteroatoms. The summed E-state index contributed by atoms with van der Waals surface area (Å²) in [6, 6.07) is 5.00. The summed E-state index contributed by atoms with van der Waals surface area (Å²) < 4.78 is 42.2. The van der Waals surface area contributed by atoms with Crippen LogP contribution in [-0.4, -0.2) is 63.2 Å². The molecule has 1 saturated heterocycles. The Hall–Kier alpha value is -4.40. The summed E-state index contributed by atoms with van der Waals surface area (Å²) in [5.74, 6) is -5.09. The molecule has 2 aliphatic rings. The van der Waals surface area contributed by atoms with Crippen molar-refractivity contribution in [3.05, 3.63) is 59.2 Å². The molecular weight excluding hydrogens is 513 g/mol. The zero-order valence-corrected chi connectivity index (χ0v) is 21.4. The SMILES string of the molecule is CC(C)C[C@@H](C(=O)N1C[C@]2(C[C@H]1C#N)C(=O)Nc1ncccc12)N(C)C(=O)c1cc2c(F)cc(F)c(F)c2[nH]1. The first-order valence-electron chi connectivity index (χ1n) is 12.4. The Bertz CT molecular complexity index is 1560. The van der Waals surface area contributed by atoms with E-state index < -0.39 is 52.3 Å². The average molecular weight is 539 g/mol. The van der Waals surface area contributed by atoms with Crippen LogP contribution in [0.4, 0.5) is 19.0 Å². The molecular formula is C27H25F3N6O3. The molecule has 4 heterocycles. The summed E-state index contributed by atoms with van der Waals surface area (Å²) in [6.45, 7) is 3.64. The number of fused-ring (bicyclic) bond motifs is 3. The number of nitrogens with zero attached hydrogens (tertiary/aromatic N) is 4. The number of H-pyrrole nitrogens is 1. The zero-order chi connectivity index (χ0) is 28.2. The van der Waals surface area contributed by atoms with Crippen molar-refractivity contribution in [2.45, 2.75) is 44.2 Å². The summed E-state index contributed by atoms with van der Waals surface area (Å²) in [4.78, 5) is 49.6. The number of anilines is 1. The standard InChI is InChI=1S/C27H25F3N6O3/c1-13(2)7-20(35(3)24(37)19-8-15-17(28)9-18(29)21(30)22(15)33-19)25(38)36-12-27(10-14(36)11-31)16-5-4-6-32-23(16)34-26(27)39/h4-6,8-9,13-14,20,33H,7,10,12H2,1-3H3,(H,32,34,39)/t14-,20-,27-/m0/s1. The lowest BCUT2D eigenvalue weighted by atomic mass is 9.80. The van der Waals surface area contributed by atoms with Crippen LogP contribution in [-0.2, 0) is 15.0 Å². The molecule has 2 N–H and O–H groups in total. The molecule has 1 spiro atoms. The number of pyridine rings is 1. The minimum Gasteiger partial charge on any atom is -0.348 e. The van der Waals surface area contributed by atoms with Gasteiger partial charge in [-0.25, -0.2) is 18.2 Å². The van der Waals surface area contributed by atoms with Gasteiger partial charge in [0.25, 0.3) is 5.91 Å². The third kappa shape index (κ3) is 4.09. The van der Waals surface area contributed by atoms with Crippen molar-refractivity contribution in [3.63, 3.8) is 0 Å². The number of nitriles is 1. The maximum Gasteiger partial charge on any atom is 0.270 e. The van der Waals surface area contributed by atoms with E-state index in [9.17, 15) is 32.8 Å². The van der Waals surface area contributed by atoms with Crippen LogP contribution in [0.1, 0.15) is 42.7 Å². The molecule has 1 fully saturated rings. The Kier molecular flexibility index (Phi) is 6.33. The lowest BCUT2D eigenvalue weighted by Crippen LogP contribution is -2.52. The molecule has 0 unspecified atom stereocenters. The van der Waals surface area contributed by atoms with Crippen molar-refractivity contribution in [3.8, 4) is 6.07 Å². The van der Waals surface area contributed by atoms with Gasteiger partial charge < -0.3 is 20.1 Å². The number of aromatic nitrogens is 2. The Morgan fingerprint density at radius 1 is 1.28 bits per heavy atom. The Morgan fingerprint density at radius 3 is 2.72 bits per heavy atom. The molecule has 3 atom stereocenters. The molecule has 39 heavy (non-hydrogen) atoms. The smallest absolute Gasteiger partial charge is 0.270 e. The number of hydrogen-bond donors (Lipinski definition) is 2. The monoisotopic (exact) mass is 538 g/mol. The number of carbonyl (C=O) groups is 3. The van der Waals surface area contributed by atoms with Gasteiger partial charge in [-0.1, -0.05) is 19.9 Å². The molecule has 0 bridgehead atoms. The number of aromatic amines is 1. The summed E-state index contributed by atoms with van der Waals surface area (Å²) in [5, 5.41) is 12.4. The fourth-order valence-corrected chi connectivity index (χ4v) is 5.55. The number of carbonyl (C=O) groups excluding carboxylic acids is 3. The molecule has 0 saturated carbocycles. The summed E-state index contributed by atoms with van der Waals surface area (Å²) in [5.41, 5.74) is -1.28. The summed E-state index contributed by atoms with van der Waals surface area (Å²) >= 11 is 0. The number of likely N-dealkylation sites (tertiary alicyclic amines) is 1. The maximum absolute atomic E-state index is 14.3. The van der Waals surface area contributed by atoms with Crippen molar-refractivity contribution in [1.82, 2.24) is 19.8 Å². The van der Waals surface area contributed by atoms with Crippen LogP contribution in [0, 0.1) is 34.7 Å². The van der Waals surface area contributed by atoms with Crippen LogP contribution in [0.5, 0.6) is 0 Å². The van der Waals surface area contributed by atoms with Crippen molar-refractivity contribution < 1.29 is 27.6 Å². The largest absolute Gasteiger partial charge is 0.348 e. The molecule has 9 nitrogen and oxygen atoms in total. The van der Waals surface area contributed by atoms with Gasteiger partial charge >= 0.3 is 0 Å². The van der Waals surface area contributed by atoms with E-state index in [2.05, 4.69) is 21.4 Å². The van der Waals surface area contributed by atoms with Gasteiger partial charge in [0, 0.05) is 43.2 Å². The number of benzene rings is 1. The van der Waals surface area contributed by atoms with Gasteiger partial charge in [-0.15, -0.1) is 0 Å². The summed E-state index contributed by atoms with van der Waals surface area (Å²) in [6.07, 6.45) is 1.82. The van der Waals surface area contributed by atoms with E-state index in [1.165, 1.54) is 18.1 Å². The molecule has 5 rings (SSSR count). The van der Waals surface area contributed by atoms with E-state index in [4.69, 9.17) is 0 Å². The maximum atomic E-state index is 14.3. The summed E-state index contributed by atoms with van der Waals surface area (Å²) in [7, 11) is 1.38. The normalized spacial score (nSPS) is 20.8. The Labute approximate surface area is 221 Å². The predicted molar refractivity (Wildman–Crippen MR) is 134 cm³/mol. The first-order valence-corrected chi connectivity index (χ1v) is 12.4. The number of nitrogens with one attached hydrogen (secondary N) is 2. The van der Waals surface area contributed by atoms with Gasteiger partial charge in [-0.2, -0.15) is 5.26 Å². The van der Waals surface area contributed by atoms with Gasteiger partial charge in [-0.05, 0) is 24.5 Å². The Morgan fingerprint density at radius 2 is 2.03 bits per heavy atom. The van der Waals surface area contributed by atoms with Gasteiger partial charge in [0.2, 0.25) is 11.8 Å². The fraction of sp³-hybridized carbons (Fsp3) is 0.370. The predicted octanol–water partition coefficient (Wildman–Crippen LogP) is 3.48. The second-order valence-corrected chi connectivity index (χ2v) is 10.4. The molecule has 1 aromatic carbocycles. The van der Waals surface area contributed by atoms with E-state index in [0.29, 0.717) is 17.4 Å². The molecule has 2 aromatic heterocycles. The third-order valence-electron chi connectivity index (χ3n) is 7.54. The van der Waals surface area contributed by atoms with Crippen LogP contribution >= 0.6 is 0 Å². The van der Waals surface area contributed by atoms with E-state index in [0.717, 1.165) is 11.0 Å². The first kappa shape index (κ1) is 26.2. The van der Waals surface area contributed by atoms with Crippen molar-refractivity contribution in [2.75, 3.05) is 18.9 Å². The molecule has 0 aliphatic carbocycles. The van der Waals surface area contributed by atoms with Crippen LogP contribution in [0.3, 0.4) is 0 Å². The quantitative estimate of drug-likeness (QED) is 0.482. The highest BCUT2D eigenvalue weighted by atomic mass is 19.2. The highest BCUT2D eigenvalue weighted by Gasteiger charge is 2.57. The van der Waals surface area contributed by atoms with Crippen LogP contribution in [0.2, 0.25) is 0 Å². The van der Waals surface area contributed by atoms with Crippen LogP contribution < -0.4 is 5.32 Å². The molecule has 2 aliphatic heterocycles. The molecule has 0 radical (unpaired) electrons. The third-order valence-corrected chi connectivity index (χ3v) is 7.54. The molecule has 3 aromatic rings. The topological polar surface area (TPSA) is 122 Å². The van der Waals surface area contributed by atoms with Gasteiger partial charge in [0.15, 0.2) is 11.6 Å². The van der Waals surface area contributed by atoms with Crippen LogP contribution in [0.15, 0.2) is 30.5 Å². The van der Waals surface area contributed by atoms with Gasteiger partial charge in [0.1, 0.15) is 29.4 Å².